The van der Waals surface area contributed by atoms with E-state index < -0.39 is 0 Å². The van der Waals surface area contributed by atoms with Gasteiger partial charge in [-0.05, 0) is 51.1 Å². The van der Waals surface area contributed by atoms with Crippen LogP contribution in [0.1, 0.15) is 35.6 Å². The normalized spacial score (nSPS) is 11.4. The fourth-order valence-corrected chi connectivity index (χ4v) is 4.37. The highest BCUT2D eigenvalue weighted by Gasteiger charge is 2.17. The van der Waals surface area contributed by atoms with Crippen molar-refractivity contribution in [2.75, 3.05) is 26.2 Å². The van der Waals surface area contributed by atoms with Crippen LogP contribution in [-0.4, -0.2) is 41.9 Å². The molecule has 1 aromatic carbocycles. The van der Waals surface area contributed by atoms with E-state index in [-0.39, 0.29) is 5.91 Å². The molecule has 0 aliphatic rings. The summed E-state index contributed by atoms with van der Waals surface area (Å²) in [5.41, 5.74) is 1.86. The van der Waals surface area contributed by atoms with Crippen molar-refractivity contribution in [2.45, 2.75) is 27.2 Å². The number of nitrogens with one attached hydrogen (secondary N) is 2. The molecule has 2 heterocycles. The first-order valence-electron chi connectivity index (χ1n) is 9.40. The summed E-state index contributed by atoms with van der Waals surface area (Å²) >= 11 is 7.46. The Kier molecular flexibility index (Phi) is 6.52. The predicted molar refractivity (Wildman–Crippen MR) is 113 cm³/mol. The van der Waals surface area contributed by atoms with Crippen LogP contribution >= 0.6 is 22.9 Å². The Hall–Kier alpha value is -1.89. The average molecular weight is 406 g/mol. The third-order valence-corrected chi connectivity index (χ3v) is 6.19. The van der Waals surface area contributed by atoms with E-state index in [9.17, 15) is 4.79 Å². The van der Waals surface area contributed by atoms with Gasteiger partial charge in [-0.15, -0.1) is 11.3 Å². The number of thiophene rings is 1. The van der Waals surface area contributed by atoms with Gasteiger partial charge in [0.15, 0.2) is 0 Å². The monoisotopic (exact) mass is 405 g/mol. The summed E-state index contributed by atoms with van der Waals surface area (Å²) in [6.45, 7) is 10.4. The second-order valence-electron chi connectivity index (χ2n) is 6.62. The van der Waals surface area contributed by atoms with Gasteiger partial charge in [-0.1, -0.05) is 11.6 Å². The minimum atomic E-state index is -0.00666. The Morgan fingerprint density at radius 3 is 2.63 bits per heavy atom. The number of carbonyl (C=O) groups is 1. The van der Waals surface area contributed by atoms with Crippen molar-refractivity contribution in [3.63, 3.8) is 0 Å². The van der Waals surface area contributed by atoms with Gasteiger partial charge in [-0.25, -0.2) is 4.68 Å². The maximum atomic E-state index is 12.5. The minimum absolute atomic E-state index is 0.00666. The molecular formula is C20H26ClN4OS+. The Bertz CT molecular complexity index is 912. The first-order valence-corrected chi connectivity index (χ1v) is 10.6. The lowest BCUT2D eigenvalue weighted by Gasteiger charge is -2.14. The number of amides is 1. The lowest BCUT2D eigenvalue weighted by molar-refractivity contribution is -0.896. The molecule has 0 radical (unpaired) electrons. The van der Waals surface area contributed by atoms with Crippen molar-refractivity contribution in [1.82, 2.24) is 15.1 Å². The number of halogens is 1. The number of quaternary nitrogens is 1. The van der Waals surface area contributed by atoms with Crippen LogP contribution in [-0.2, 0) is 0 Å². The van der Waals surface area contributed by atoms with Crippen molar-refractivity contribution < 1.29 is 9.69 Å². The number of benzene rings is 1. The zero-order valence-electron chi connectivity index (χ0n) is 16.0. The number of fused-ring (bicyclic) bond motifs is 1. The highest BCUT2D eigenvalue weighted by atomic mass is 35.5. The molecule has 3 aromatic rings. The SMILES string of the molecule is CC[NH+](CC)CCCNC(=O)c1cc2c(C)nn(-c3ccc(Cl)cc3)c2s1. The van der Waals surface area contributed by atoms with Crippen molar-refractivity contribution in [2.24, 2.45) is 0 Å². The Morgan fingerprint density at radius 2 is 1.96 bits per heavy atom. The second-order valence-corrected chi connectivity index (χ2v) is 8.09. The molecule has 0 aliphatic heterocycles. The van der Waals surface area contributed by atoms with Gasteiger partial charge in [0.1, 0.15) is 4.83 Å². The summed E-state index contributed by atoms with van der Waals surface area (Å²) < 4.78 is 1.88. The molecule has 144 valence electrons. The van der Waals surface area contributed by atoms with Crippen LogP contribution < -0.4 is 10.2 Å². The summed E-state index contributed by atoms with van der Waals surface area (Å²) in [6.07, 6.45) is 0.991. The zero-order valence-corrected chi connectivity index (χ0v) is 17.6. The predicted octanol–water partition coefficient (Wildman–Crippen LogP) is 3.09. The number of rotatable bonds is 8. The molecule has 0 fully saturated rings. The van der Waals surface area contributed by atoms with Gasteiger partial charge < -0.3 is 10.2 Å². The minimum Gasteiger partial charge on any atom is -0.351 e. The number of hydrogen-bond acceptors (Lipinski definition) is 3. The second kappa shape index (κ2) is 8.87. The molecule has 0 atom stereocenters. The molecule has 0 spiro atoms. The maximum absolute atomic E-state index is 12.5. The van der Waals surface area contributed by atoms with Gasteiger partial charge in [-0.3, -0.25) is 4.79 Å². The van der Waals surface area contributed by atoms with Crippen LogP contribution in [0.25, 0.3) is 15.9 Å². The summed E-state index contributed by atoms with van der Waals surface area (Å²) in [6, 6.07) is 9.50. The molecule has 0 unspecified atom stereocenters. The standard InChI is InChI=1S/C20H25ClN4OS/c1-4-24(5-2)12-6-11-22-19(26)18-13-17-14(3)23-25(20(17)27-18)16-9-7-15(21)8-10-16/h7-10,13H,4-6,11-12H2,1-3H3,(H,22,26)/p+1. The van der Waals surface area contributed by atoms with Crippen molar-refractivity contribution in [3.05, 3.63) is 45.9 Å². The molecule has 0 saturated carbocycles. The van der Waals surface area contributed by atoms with Crippen LogP contribution in [0.2, 0.25) is 5.02 Å². The molecule has 2 aromatic heterocycles. The van der Waals surface area contributed by atoms with Gasteiger partial charge >= 0.3 is 0 Å². The summed E-state index contributed by atoms with van der Waals surface area (Å²) in [5.74, 6) is -0.00666. The lowest BCUT2D eigenvalue weighted by Crippen LogP contribution is -3.11. The van der Waals surface area contributed by atoms with E-state index in [1.54, 1.807) is 4.90 Å². The quantitative estimate of drug-likeness (QED) is 0.566. The highest BCUT2D eigenvalue weighted by Crippen LogP contribution is 2.30. The first kappa shape index (κ1) is 19.9. The third kappa shape index (κ3) is 4.51. The van der Waals surface area contributed by atoms with Gasteiger partial charge in [-0.2, -0.15) is 5.10 Å². The lowest BCUT2D eigenvalue weighted by atomic mass is 10.3. The van der Waals surface area contributed by atoms with E-state index in [2.05, 4.69) is 24.3 Å². The number of carbonyl (C=O) groups excluding carboxylic acids is 1. The highest BCUT2D eigenvalue weighted by molar-refractivity contribution is 7.20. The van der Waals surface area contributed by atoms with Gasteiger partial charge in [0.25, 0.3) is 5.91 Å². The Balaban J connectivity index is 1.72. The average Bonchev–Trinajstić information content (AvgIpc) is 3.23. The third-order valence-electron chi connectivity index (χ3n) is 4.83. The van der Waals surface area contributed by atoms with Gasteiger partial charge in [0, 0.05) is 23.4 Å². The molecule has 0 aliphatic carbocycles. The van der Waals surface area contributed by atoms with E-state index in [1.807, 2.05) is 41.9 Å². The molecule has 1 amide bonds. The molecule has 3 rings (SSSR count). The van der Waals surface area contributed by atoms with Crippen LogP contribution in [0.4, 0.5) is 0 Å². The molecular weight excluding hydrogens is 380 g/mol. The molecule has 5 nitrogen and oxygen atoms in total. The number of aryl methyl sites for hydroxylation is 1. The van der Waals surface area contributed by atoms with E-state index in [0.717, 1.165) is 52.5 Å². The van der Waals surface area contributed by atoms with E-state index in [1.165, 1.54) is 11.3 Å². The van der Waals surface area contributed by atoms with Crippen molar-refractivity contribution >= 4 is 39.1 Å². The zero-order chi connectivity index (χ0) is 19.4. The number of hydrogen-bond donors (Lipinski definition) is 2. The Labute approximate surface area is 168 Å². The fraction of sp³-hybridized carbons (Fsp3) is 0.400. The smallest absolute Gasteiger partial charge is 0.261 e. The van der Waals surface area contributed by atoms with Crippen molar-refractivity contribution in [1.29, 1.82) is 0 Å². The van der Waals surface area contributed by atoms with Crippen LogP contribution in [0, 0.1) is 6.92 Å². The summed E-state index contributed by atoms with van der Waals surface area (Å²) in [5, 5.41) is 9.38. The van der Waals surface area contributed by atoms with Crippen LogP contribution in [0.3, 0.4) is 0 Å². The van der Waals surface area contributed by atoms with Crippen LogP contribution in [0.5, 0.6) is 0 Å². The van der Waals surface area contributed by atoms with Gasteiger partial charge in [0.05, 0.1) is 35.9 Å². The molecule has 27 heavy (non-hydrogen) atoms. The largest absolute Gasteiger partial charge is 0.351 e. The van der Waals surface area contributed by atoms with Crippen LogP contribution in [0.15, 0.2) is 30.3 Å². The van der Waals surface area contributed by atoms with Crippen molar-refractivity contribution in [3.8, 4) is 5.69 Å². The molecule has 2 N–H and O–H groups in total. The Morgan fingerprint density at radius 1 is 1.26 bits per heavy atom. The summed E-state index contributed by atoms with van der Waals surface area (Å²) in [7, 11) is 0. The first-order chi connectivity index (χ1) is 13.0. The van der Waals surface area contributed by atoms with E-state index >= 15 is 0 Å². The van der Waals surface area contributed by atoms with Gasteiger partial charge in [0.2, 0.25) is 0 Å². The number of aromatic nitrogens is 2. The van der Waals surface area contributed by atoms with E-state index in [4.69, 9.17) is 11.6 Å². The number of nitrogens with zero attached hydrogens (tertiary/aromatic N) is 2. The molecule has 0 bridgehead atoms. The fourth-order valence-electron chi connectivity index (χ4n) is 3.15. The molecule has 0 saturated heterocycles. The van der Waals surface area contributed by atoms with E-state index in [0.29, 0.717) is 11.6 Å². The molecule has 7 heteroatoms. The topological polar surface area (TPSA) is 51.4 Å². The summed E-state index contributed by atoms with van der Waals surface area (Å²) in [4.78, 5) is 15.8. The maximum Gasteiger partial charge on any atom is 0.261 e.